The number of H-pyrrole nitrogens is 1. The number of rotatable bonds is 10. The molecular weight excluding hydrogens is 554 g/mol. The number of amides is 2. The van der Waals surface area contributed by atoms with E-state index in [1.807, 2.05) is 109 Å². The van der Waals surface area contributed by atoms with Crippen molar-refractivity contribution < 1.29 is 24.2 Å². The SMILES string of the molecule is O=C(CCC1OC(c2ccccc2)c2ccccc2N(Cc2ccccc2)C1=O)N[C@@H](Cc1c[nH]c2ccccc12)C(=O)O. The van der Waals surface area contributed by atoms with Crippen molar-refractivity contribution in [1.29, 1.82) is 0 Å². The third-order valence-corrected chi connectivity index (χ3v) is 8.00. The molecule has 6 rings (SSSR count). The van der Waals surface area contributed by atoms with Gasteiger partial charge in [-0.25, -0.2) is 4.79 Å². The van der Waals surface area contributed by atoms with E-state index in [2.05, 4.69) is 10.3 Å². The number of nitrogens with one attached hydrogen (secondary N) is 2. The lowest BCUT2D eigenvalue weighted by atomic mass is 9.99. The number of hydrogen-bond acceptors (Lipinski definition) is 4. The summed E-state index contributed by atoms with van der Waals surface area (Å²) in [6, 6.07) is 33.7. The molecule has 1 aromatic heterocycles. The summed E-state index contributed by atoms with van der Waals surface area (Å²) in [4.78, 5) is 44.3. The fourth-order valence-corrected chi connectivity index (χ4v) is 5.80. The molecule has 0 saturated carbocycles. The third kappa shape index (κ3) is 6.26. The summed E-state index contributed by atoms with van der Waals surface area (Å²) in [5.41, 5.74) is 5.18. The molecule has 5 aromatic rings. The first kappa shape index (κ1) is 28.9. The zero-order valence-corrected chi connectivity index (χ0v) is 24.1. The molecule has 2 heterocycles. The number of aromatic nitrogens is 1. The molecule has 1 aliphatic heterocycles. The Morgan fingerprint density at radius 1 is 0.886 bits per heavy atom. The van der Waals surface area contributed by atoms with Crippen LogP contribution < -0.4 is 10.2 Å². The first-order valence-corrected chi connectivity index (χ1v) is 14.7. The summed E-state index contributed by atoms with van der Waals surface area (Å²) < 4.78 is 6.55. The van der Waals surface area contributed by atoms with Crippen LogP contribution in [0.4, 0.5) is 5.69 Å². The Morgan fingerprint density at radius 2 is 1.57 bits per heavy atom. The Kier molecular flexibility index (Phi) is 8.52. The van der Waals surface area contributed by atoms with E-state index < -0.39 is 30.1 Å². The van der Waals surface area contributed by atoms with E-state index in [0.29, 0.717) is 6.54 Å². The van der Waals surface area contributed by atoms with Crippen molar-refractivity contribution in [3.8, 4) is 0 Å². The minimum atomic E-state index is -1.13. The molecule has 0 radical (unpaired) electrons. The Hall–Kier alpha value is -5.21. The van der Waals surface area contributed by atoms with Gasteiger partial charge in [0, 0.05) is 35.5 Å². The second kappa shape index (κ2) is 13.0. The van der Waals surface area contributed by atoms with E-state index in [9.17, 15) is 19.5 Å². The van der Waals surface area contributed by atoms with Crippen LogP contribution in [0.3, 0.4) is 0 Å². The quantitative estimate of drug-likeness (QED) is 0.192. The molecule has 8 heteroatoms. The second-order valence-electron chi connectivity index (χ2n) is 10.9. The number of carboxylic acid groups (broad SMARTS) is 1. The molecule has 2 unspecified atom stereocenters. The van der Waals surface area contributed by atoms with Gasteiger partial charge in [-0.05, 0) is 35.2 Å². The predicted octanol–water partition coefficient (Wildman–Crippen LogP) is 5.78. The number of nitrogens with zero attached hydrogens (tertiary/aromatic N) is 1. The standard InChI is InChI=1S/C36H33N3O5/c40-33(38-30(36(42)43)21-26-22-37-29-17-9-7-15-27(26)29)20-19-32-35(41)39(23-24-11-3-1-4-12-24)31-18-10-8-16-28(31)34(44-32)25-13-5-2-6-14-25/h1-18,22,30,32,34,37H,19-21,23H2,(H,38,40)(H,42,43)/t30-,32?,34?/m0/s1. The van der Waals surface area contributed by atoms with E-state index in [1.54, 1.807) is 11.1 Å². The zero-order chi connectivity index (χ0) is 30.5. The van der Waals surface area contributed by atoms with Crippen molar-refractivity contribution in [3.05, 3.63) is 138 Å². The molecule has 3 N–H and O–H groups in total. The van der Waals surface area contributed by atoms with E-state index in [4.69, 9.17) is 4.74 Å². The minimum absolute atomic E-state index is 0.0783. The van der Waals surface area contributed by atoms with Gasteiger partial charge in [-0.2, -0.15) is 0 Å². The maximum Gasteiger partial charge on any atom is 0.326 e. The van der Waals surface area contributed by atoms with Crippen LogP contribution in [-0.4, -0.2) is 40.0 Å². The lowest BCUT2D eigenvalue weighted by molar-refractivity contribution is -0.142. The van der Waals surface area contributed by atoms with Gasteiger partial charge in [0.1, 0.15) is 18.2 Å². The molecule has 1 aliphatic rings. The number of ether oxygens (including phenoxy) is 1. The number of carbonyl (C=O) groups excluding carboxylic acids is 2. The highest BCUT2D eigenvalue weighted by Gasteiger charge is 2.36. The van der Waals surface area contributed by atoms with Crippen molar-refractivity contribution in [2.75, 3.05) is 4.90 Å². The highest BCUT2D eigenvalue weighted by molar-refractivity contribution is 5.98. The molecular formula is C36H33N3O5. The molecule has 3 atom stereocenters. The molecule has 2 amide bonds. The summed E-state index contributed by atoms with van der Waals surface area (Å²) >= 11 is 0. The van der Waals surface area contributed by atoms with Crippen LogP contribution in [0.1, 0.15) is 41.2 Å². The number of para-hydroxylation sites is 2. The lowest BCUT2D eigenvalue weighted by Crippen LogP contribution is -2.43. The Morgan fingerprint density at radius 3 is 2.34 bits per heavy atom. The summed E-state index contributed by atoms with van der Waals surface area (Å²) in [5, 5.41) is 13.5. The molecule has 222 valence electrons. The average Bonchev–Trinajstić information content (AvgIpc) is 3.42. The van der Waals surface area contributed by atoms with Crippen LogP contribution in [0.2, 0.25) is 0 Å². The molecule has 0 saturated heterocycles. The largest absolute Gasteiger partial charge is 0.480 e. The maximum atomic E-state index is 14.1. The first-order valence-electron chi connectivity index (χ1n) is 14.7. The van der Waals surface area contributed by atoms with Gasteiger partial charge in [-0.1, -0.05) is 97.1 Å². The van der Waals surface area contributed by atoms with Crippen LogP contribution in [0.25, 0.3) is 10.9 Å². The number of hydrogen-bond donors (Lipinski definition) is 3. The van der Waals surface area contributed by atoms with Crippen LogP contribution in [-0.2, 0) is 32.1 Å². The normalized spacial score (nSPS) is 17.1. The smallest absolute Gasteiger partial charge is 0.326 e. The highest BCUT2D eigenvalue weighted by atomic mass is 16.5. The van der Waals surface area contributed by atoms with Crippen molar-refractivity contribution in [2.45, 2.75) is 44.1 Å². The van der Waals surface area contributed by atoms with Crippen LogP contribution in [0, 0.1) is 0 Å². The Balaban J connectivity index is 1.23. The molecule has 0 fully saturated rings. The Bertz CT molecular complexity index is 1770. The number of anilines is 1. The minimum Gasteiger partial charge on any atom is -0.480 e. The van der Waals surface area contributed by atoms with Crippen LogP contribution in [0.5, 0.6) is 0 Å². The number of aliphatic carboxylic acids is 1. The van der Waals surface area contributed by atoms with E-state index in [0.717, 1.165) is 38.8 Å². The topological polar surface area (TPSA) is 112 Å². The fourth-order valence-electron chi connectivity index (χ4n) is 5.80. The van der Waals surface area contributed by atoms with Crippen molar-refractivity contribution in [3.63, 3.8) is 0 Å². The Labute approximate surface area is 255 Å². The molecule has 44 heavy (non-hydrogen) atoms. The number of aromatic amines is 1. The van der Waals surface area contributed by atoms with Gasteiger partial charge in [0.05, 0.1) is 12.2 Å². The van der Waals surface area contributed by atoms with Crippen molar-refractivity contribution >= 4 is 34.4 Å². The number of benzene rings is 4. The highest BCUT2D eigenvalue weighted by Crippen LogP contribution is 2.39. The number of carbonyl (C=O) groups is 3. The van der Waals surface area contributed by atoms with Gasteiger partial charge in [0.15, 0.2) is 0 Å². The van der Waals surface area contributed by atoms with Gasteiger partial charge < -0.3 is 25.0 Å². The molecule has 0 bridgehead atoms. The van der Waals surface area contributed by atoms with Gasteiger partial charge in [0.2, 0.25) is 5.91 Å². The van der Waals surface area contributed by atoms with E-state index in [-0.39, 0.29) is 25.2 Å². The van der Waals surface area contributed by atoms with Gasteiger partial charge in [-0.3, -0.25) is 9.59 Å². The van der Waals surface area contributed by atoms with Gasteiger partial charge in [-0.15, -0.1) is 0 Å². The molecule has 0 aliphatic carbocycles. The zero-order valence-electron chi connectivity index (χ0n) is 24.1. The third-order valence-electron chi connectivity index (χ3n) is 8.00. The monoisotopic (exact) mass is 587 g/mol. The fraction of sp³-hybridized carbons (Fsp3) is 0.194. The first-order chi connectivity index (χ1) is 21.5. The second-order valence-corrected chi connectivity index (χ2v) is 10.9. The summed E-state index contributed by atoms with van der Waals surface area (Å²) in [5.74, 6) is -1.83. The predicted molar refractivity (Wildman–Crippen MR) is 168 cm³/mol. The maximum absolute atomic E-state index is 14.1. The molecule has 8 nitrogen and oxygen atoms in total. The van der Waals surface area contributed by atoms with Crippen molar-refractivity contribution in [2.24, 2.45) is 0 Å². The average molecular weight is 588 g/mol. The summed E-state index contributed by atoms with van der Waals surface area (Å²) in [6.45, 7) is 0.343. The summed E-state index contributed by atoms with van der Waals surface area (Å²) in [6.07, 6.45) is 0.448. The van der Waals surface area contributed by atoms with Crippen LogP contribution in [0.15, 0.2) is 115 Å². The number of carboxylic acids is 1. The summed E-state index contributed by atoms with van der Waals surface area (Å²) in [7, 11) is 0. The van der Waals surface area contributed by atoms with Crippen molar-refractivity contribution in [1.82, 2.24) is 10.3 Å². The van der Waals surface area contributed by atoms with E-state index >= 15 is 0 Å². The van der Waals surface area contributed by atoms with Gasteiger partial charge >= 0.3 is 5.97 Å². The molecule has 0 spiro atoms. The number of fused-ring (bicyclic) bond motifs is 2. The van der Waals surface area contributed by atoms with Gasteiger partial charge in [0.25, 0.3) is 5.91 Å². The molecule has 4 aromatic carbocycles. The van der Waals surface area contributed by atoms with E-state index in [1.165, 1.54) is 0 Å². The lowest BCUT2D eigenvalue weighted by Gasteiger charge is -2.25. The van der Waals surface area contributed by atoms with Crippen LogP contribution >= 0.6 is 0 Å².